The maximum absolute atomic E-state index is 2.59. The van der Waals surface area contributed by atoms with Crippen molar-refractivity contribution < 1.29 is 0 Å². The maximum Gasteiger partial charge on any atom is 0.0149 e. The summed E-state index contributed by atoms with van der Waals surface area (Å²) in [7, 11) is 0. The van der Waals surface area contributed by atoms with Crippen LogP contribution in [-0.2, 0) is 0 Å². The molecular formula is C9H19NS. The van der Waals surface area contributed by atoms with E-state index in [2.05, 4.69) is 37.4 Å². The Morgan fingerprint density at radius 1 is 1.27 bits per heavy atom. The highest BCUT2D eigenvalue weighted by atomic mass is 32.2. The fourth-order valence-electron chi connectivity index (χ4n) is 1.78. The molecule has 0 aromatic carbocycles. The van der Waals surface area contributed by atoms with Crippen molar-refractivity contribution in [1.82, 2.24) is 4.90 Å². The molecule has 1 nitrogen and oxygen atoms in total. The lowest BCUT2D eigenvalue weighted by Crippen LogP contribution is -2.40. The van der Waals surface area contributed by atoms with Gasteiger partial charge >= 0.3 is 0 Å². The Balaban J connectivity index is 2.30. The van der Waals surface area contributed by atoms with Crippen molar-refractivity contribution in [1.29, 1.82) is 0 Å². The van der Waals surface area contributed by atoms with E-state index in [1.165, 1.54) is 26.1 Å². The smallest absolute Gasteiger partial charge is 0.0149 e. The molecule has 0 bridgehead atoms. The van der Waals surface area contributed by atoms with E-state index in [9.17, 15) is 0 Å². The molecule has 0 spiro atoms. The van der Waals surface area contributed by atoms with Crippen LogP contribution >= 0.6 is 11.8 Å². The summed E-state index contributed by atoms with van der Waals surface area (Å²) in [5.74, 6) is 0. The Labute approximate surface area is 74.5 Å². The van der Waals surface area contributed by atoms with Gasteiger partial charge in [-0.05, 0) is 13.0 Å². The van der Waals surface area contributed by atoms with Gasteiger partial charge < -0.3 is 4.90 Å². The molecule has 2 unspecified atom stereocenters. The molecule has 0 amide bonds. The summed E-state index contributed by atoms with van der Waals surface area (Å²) in [6.07, 6.45) is 1.30. The maximum atomic E-state index is 2.59. The van der Waals surface area contributed by atoms with Gasteiger partial charge in [-0.25, -0.2) is 0 Å². The van der Waals surface area contributed by atoms with Crippen LogP contribution in [0, 0.1) is 0 Å². The summed E-state index contributed by atoms with van der Waals surface area (Å²) in [5.41, 5.74) is 0. The van der Waals surface area contributed by atoms with Crippen LogP contribution in [0.5, 0.6) is 0 Å². The fourth-order valence-corrected chi connectivity index (χ4v) is 3.17. The summed E-state index contributed by atoms with van der Waals surface area (Å²) in [4.78, 5) is 2.59. The van der Waals surface area contributed by atoms with Crippen LogP contribution in [0.3, 0.4) is 0 Å². The number of hydrogen-bond donors (Lipinski definition) is 0. The van der Waals surface area contributed by atoms with Crippen molar-refractivity contribution in [3.05, 3.63) is 0 Å². The lowest BCUT2D eigenvalue weighted by molar-refractivity contribution is 0.271. The van der Waals surface area contributed by atoms with Gasteiger partial charge in [0.2, 0.25) is 0 Å². The number of rotatable bonds is 2. The van der Waals surface area contributed by atoms with E-state index in [0.29, 0.717) is 0 Å². The fraction of sp³-hybridized carbons (Fsp3) is 1.00. The van der Waals surface area contributed by atoms with Gasteiger partial charge in [-0.2, -0.15) is 11.8 Å². The first-order chi connectivity index (χ1) is 5.22. The van der Waals surface area contributed by atoms with E-state index in [1.807, 2.05) is 0 Å². The molecule has 1 aliphatic heterocycles. The normalized spacial score (nSPS) is 34.1. The standard InChI is InChI=1S/C9H19NS/c1-4-5-10-6-8(2)11-9(3)7-10/h8-9H,4-7H2,1-3H3. The van der Waals surface area contributed by atoms with Crippen LogP contribution in [0.25, 0.3) is 0 Å². The molecule has 0 radical (unpaired) electrons. The zero-order valence-corrected chi connectivity index (χ0v) is 8.66. The largest absolute Gasteiger partial charge is 0.301 e. The molecule has 2 heteroatoms. The molecule has 11 heavy (non-hydrogen) atoms. The highest BCUT2D eigenvalue weighted by Gasteiger charge is 2.20. The van der Waals surface area contributed by atoms with Gasteiger partial charge in [-0.15, -0.1) is 0 Å². The first kappa shape index (κ1) is 9.40. The van der Waals surface area contributed by atoms with Crippen LogP contribution in [0.1, 0.15) is 27.2 Å². The Bertz CT molecular complexity index is 106. The minimum atomic E-state index is 0.838. The van der Waals surface area contributed by atoms with Crippen LogP contribution in [-0.4, -0.2) is 35.0 Å². The average Bonchev–Trinajstić information content (AvgIpc) is 1.85. The minimum absolute atomic E-state index is 0.838. The SMILES string of the molecule is CCCN1CC(C)SC(C)C1. The van der Waals surface area contributed by atoms with Crippen LogP contribution in [0.4, 0.5) is 0 Å². The Hall–Kier alpha value is 0.310. The zero-order chi connectivity index (χ0) is 8.27. The highest BCUT2D eigenvalue weighted by molar-refractivity contribution is 8.00. The first-order valence-electron chi connectivity index (χ1n) is 4.60. The second-order valence-corrected chi connectivity index (χ2v) is 5.40. The Kier molecular flexibility index (Phi) is 3.73. The van der Waals surface area contributed by atoms with Crippen molar-refractivity contribution in [2.24, 2.45) is 0 Å². The lowest BCUT2D eigenvalue weighted by Gasteiger charge is -2.34. The molecule has 66 valence electrons. The first-order valence-corrected chi connectivity index (χ1v) is 5.54. The average molecular weight is 173 g/mol. The predicted molar refractivity (Wildman–Crippen MR) is 53.2 cm³/mol. The molecule has 0 N–H and O–H groups in total. The molecule has 1 aliphatic rings. The van der Waals surface area contributed by atoms with Crippen molar-refractivity contribution in [2.45, 2.75) is 37.7 Å². The molecule has 1 saturated heterocycles. The van der Waals surface area contributed by atoms with Gasteiger partial charge in [-0.1, -0.05) is 20.8 Å². The minimum Gasteiger partial charge on any atom is -0.301 e. The molecule has 0 saturated carbocycles. The predicted octanol–water partition coefficient (Wildman–Crippen LogP) is 2.22. The molecule has 0 aromatic rings. The van der Waals surface area contributed by atoms with Crippen molar-refractivity contribution in [3.63, 3.8) is 0 Å². The van der Waals surface area contributed by atoms with Gasteiger partial charge in [0.1, 0.15) is 0 Å². The van der Waals surface area contributed by atoms with Gasteiger partial charge in [0.05, 0.1) is 0 Å². The van der Waals surface area contributed by atoms with E-state index < -0.39 is 0 Å². The Morgan fingerprint density at radius 3 is 2.27 bits per heavy atom. The molecular weight excluding hydrogens is 154 g/mol. The van der Waals surface area contributed by atoms with Crippen LogP contribution in [0.15, 0.2) is 0 Å². The van der Waals surface area contributed by atoms with E-state index in [0.717, 1.165) is 10.5 Å². The third kappa shape index (κ3) is 3.04. The van der Waals surface area contributed by atoms with Crippen molar-refractivity contribution in [3.8, 4) is 0 Å². The summed E-state index contributed by atoms with van der Waals surface area (Å²) in [6, 6.07) is 0. The van der Waals surface area contributed by atoms with E-state index >= 15 is 0 Å². The molecule has 2 atom stereocenters. The molecule has 1 rings (SSSR count). The van der Waals surface area contributed by atoms with E-state index in [4.69, 9.17) is 0 Å². The molecule has 0 aliphatic carbocycles. The third-order valence-electron chi connectivity index (χ3n) is 2.04. The van der Waals surface area contributed by atoms with Gasteiger partial charge in [0, 0.05) is 23.6 Å². The van der Waals surface area contributed by atoms with Gasteiger partial charge in [0.15, 0.2) is 0 Å². The Morgan fingerprint density at radius 2 is 1.82 bits per heavy atom. The highest BCUT2D eigenvalue weighted by Crippen LogP contribution is 2.24. The molecule has 1 heterocycles. The van der Waals surface area contributed by atoms with E-state index in [-0.39, 0.29) is 0 Å². The monoisotopic (exact) mass is 173 g/mol. The zero-order valence-electron chi connectivity index (χ0n) is 7.84. The van der Waals surface area contributed by atoms with Crippen LogP contribution in [0.2, 0.25) is 0 Å². The van der Waals surface area contributed by atoms with Gasteiger partial charge in [-0.3, -0.25) is 0 Å². The van der Waals surface area contributed by atoms with Crippen molar-refractivity contribution in [2.75, 3.05) is 19.6 Å². The second kappa shape index (κ2) is 4.36. The molecule has 0 aromatic heterocycles. The number of thioether (sulfide) groups is 1. The van der Waals surface area contributed by atoms with Crippen molar-refractivity contribution >= 4 is 11.8 Å². The second-order valence-electron chi connectivity index (χ2n) is 3.52. The number of nitrogens with zero attached hydrogens (tertiary/aromatic N) is 1. The topological polar surface area (TPSA) is 3.24 Å². The summed E-state index contributed by atoms with van der Waals surface area (Å²) >= 11 is 2.13. The van der Waals surface area contributed by atoms with E-state index in [1.54, 1.807) is 0 Å². The van der Waals surface area contributed by atoms with Gasteiger partial charge in [0.25, 0.3) is 0 Å². The summed E-state index contributed by atoms with van der Waals surface area (Å²) < 4.78 is 0. The molecule has 1 fully saturated rings. The summed E-state index contributed by atoms with van der Waals surface area (Å²) in [6.45, 7) is 10.8. The van der Waals surface area contributed by atoms with Crippen LogP contribution < -0.4 is 0 Å². The number of hydrogen-bond acceptors (Lipinski definition) is 2. The third-order valence-corrected chi connectivity index (χ3v) is 3.26. The lowest BCUT2D eigenvalue weighted by atomic mass is 10.3. The quantitative estimate of drug-likeness (QED) is 0.630. The summed E-state index contributed by atoms with van der Waals surface area (Å²) in [5, 5.41) is 1.68.